The Kier molecular flexibility index (Phi) is 4.59. The fourth-order valence-corrected chi connectivity index (χ4v) is 2.53. The topological polar surface area (TPSA) is 34.1 Å². The molecule has 92 valence electrons. The monoisotopic (exact) mass is 270 g/mol. The van der Waals surface area contributed by atoms with Gasteiger partial charge in [-0.25, -0.2) is 4.98 Å². The molecule has 17 heavy (non-hydrogen) atoms. The average Bonchev–Trinajstić information content (AvgIpc) is 2.70. The maximum atomic E-state index is 5.92. The predicted molar refractivity (Wildman–Crippen MR) is 74.2 cm³/mol. The first-order chi connectivity index (χ1) is 8.29. The van der Waals surface area contributed by atoms with Gasteiger partial charge in [-0.2, -0.15) is 0 Å². The molecule has 2 rings (SSSR count). The molecule has 0 aliphatic carbocycles. The lowest BCUT2D eigenvalue weighted by atomic mass is 10.3. The Bertz CT molecular complexity index is 486. The molecular weight excluding hydrogens is 256 g/mol. The number of nitrogens with one attached hydrogen (secondary N) is 1. The van der Waals surface area contributed by atoms with Crippen LogP contribution in [-0.4, -0.2) is 24.7 Å². The van der Waals surface area contributed by atoms with Crippen LogP contribution in [0.3, 0.4) is 0 Å². The van der Waals surface area contributed by atoms with Crippen LogP contribution >= 0.6 is 22.9 Å². The van der Waals surface area contributed by atoms with Crippen molar-refractivity contribution in [2.75, 3.05) is 25.1 Å². The SMILES string of the molecule is CCOCCCNc1nc2cc(Cl)ccc2s1. The van der Waals surface area contributed by atoms with Crippen molar-refractivity contribution in [1.29, 1.82) is 0 Å². The van der Waals surface area contributed by atoms with E-state index in [0.717, 1.165) is 46.6 Å². The number of anilines is 1. The number of benzene rings is 1. The Labute approximate surface area is 110 Å². The quantitative estimate of drug-likeness (QED) is 0.811. The number of hydrogen-bond donors (Lipinski definition) is 1. The van der Waals surface area contributed by atoms with Crippen LogP contribution in [-0.2, 0) is 4.74 Å². The van der Waals surface area contributed by atoms with Crippen LogP contribution in [0.1, 0.15) is 13.3 Å². The first kappa shape index (κ1) is 12.6. The highest BCUT2D eigenvalue weighted by atomic mass is 35.5. The third kappa shape index (κ3) is 3.56. The zero-order chi connectivity index (χ0) is 12.1. The molecule has 0 bridgehead atoms. The van der Waals surface area contributed by atoms with Gasteiger partial charge in [0.15, 0.2) is 5.13 Å². The number of nitrogens with zero attached hydrogens (tertiary/aromatic N) is 1. The van der Waals surface area contributed by atoms with Gasteiger partial charge >= 0.3 is 0 Å². The van der Waals surface area contributed by atoms with Crippen molar-refractivity contribution in [3.63, 3.8) is 0 Å². The van der Waals surface area contributed by atoms with Crippen molar-refractivity contribution in [3.05, 3.63) is 23.2 Å². The van der Waals surface area contributed by atoms with Crippen LogP contribution < -0.4 is 5.32 Å². The second-order valence-corrected chi connectivity index (χ2v) is 5.08. The first-order valence-electron chi connectivity index (χ1n) is 5.67. The van der Waals surface area contributed by atoms with E-state index in [-0.39, 0.29) is 0 Å². The van der Waals surface area contributed by atoms with E-state index < -0.39 is 0 Å². The highest BCUT2D eigenvalue weighted by Crippen LogP contribution is 2.27. The minimum Gasteiger partial charge on any atom is -0.382 e. The molecule has 1 heterocycles. The molecule has 2 aromatic rings. The molecule has 0 spiro atoms. The third-order valence-electron chi connectivity index (χ3n) is 2.30. The number of thiazole rings is 1. The van der Waals surface area contributed by atoms with Gasteiger partial charge < -0.3 is 10.1 Å². The molecule has 0 amide bonds. The Morgan fingerprint density at radius 1 is 1.47 bits per heavy atom. The molecule has 1 aromatic carbocycles. The smallest absolute Gasteiger partial charge is 0.183 e. The number of aromatic nitrogens is 1. The van der Waals surface area contributed by atoms with Gasteiger partial charge in [0.25, 0.3) is 0 Å². The molecule has 0 radical (unpaired) electrons. The molecule has 1 aromatic heterocycles. The summed E-state index contributed by atoms with van der Waals surface area (Å²) in [5.41, 5.74) is 0.954. The lowest BCUT2D eigenvalue weighted by Crippen LogP contribution is -2.05. The molecule has 0 atom stereocenters. The van der Waals surface area contributed by atoms with Gasteiger partial charge in [-0.1, -0.05) is 22.9 Å². The molecule has 1 N–H and O–H groups in total. The van der Waals surface area contributed by atoms with Crippen LogP contribution in [0, 0.1) is 0 Å². The second-order valence-electron chi connectivity index (χ2n) is 3.61. The second kappa shape index (κ2) is 6.19. The normalized spacial score (nSPS) is 10.9. The Morgan fingerprint density at radius 2 is 2.35 bits per heavy atom. The van der Waals surface area contributed by atoms with Crippen LogP contribution in [0.15, 0.2) is 18.2 Å². The zero-order valence-corrected chi connectivity index (χ0v) is 11.3. The van der Waals surface area contributed by atoms with Crippen molar-refractivity contribution in [2.24, 2.45) is 0 Å². The van der Waals surface area contributed by atoms with E-state index in [1.165, 1.54) is 0 Å². The van der Waals surface area contributed by atoms with Crippen LogP contribution in [0.25, 0.3) is 10.2 Å². The summed E-state index contributed by atoms with van der Waals surface area (Å²) < 4.78 is 6.43. The summed E-state index contributed by atoms with van der Waals surface area (Å²) >= 11 is 7.57. The molecule has 0 aliphatic heterocycles. The van der Waals surface area contributed by atoms with Crippen molar-refractivity contribution < 1.29 is 4.74 Å². The van der Waals surface area contributed by atoms with E-state index in [2.05, 4.69) is 10.3 Å². The lowest BCUT2D eigenvalue weighted by molar-refractivity contribution is 0.147. The van der Waals surface area contributed by atoms with E-state index >= 15 is 0 Å². The van der Waals surface area contributed by atoms with Gasteiger partial charge in [0.2, 0.25) is 0 Å². The van der Waals surface area contributed by atoms with Crippen LogP contribution in [0.4, 0.5) is 5.13 Å². The highest BCUT2D eigenvalue weighted by molar-refractivity contribution is 7.22. The van der Waals surface area contributed by atoms with Gasteiger partial charge in [-0.15, -0.1) is 0 Å². The summed E-state index contributed by atoms with van der Waals surface area (Å²) in [6, 6.07) is 5.78. The largest absolute Gasteiger partial charge is 0.382 e. The maximum Gasteiger partial charge on any atom is 0.183 e. The van der Waals surface area contributed by atoms with Crippen LogP contribution in [0.5, 0.6) is 0 Å². The van der Waals surface area contributed by atoms with Crippen molar-refractivity contribution >= 4 is 38.3 Å². The predicted octanol–water partition coefficient (Wildman–Crippen LogP) is 3.79. The van der Waals surface area contributed by atoms with Gasteiger partial charge in [0.05, 0.1) is 10.2 Å². The summed E-state index contributed by atoms with van der Waals surface area (Å²) in [5.74, 6) is 0. The fraction of sp³-hybridized carbons (Fsp3) is 0.417. The number of hydrogen-bond acceptors (Lipinski definition) is 4. The fourth-order valence-electron chi connectivity index (χ4n) is 1.49. The molecule has 0 unspecified atom stereocenters. The summed E-state index contributed by atoms with van der Waals surface area (Å²) in [6.07, 6.45) is 0.991. The van der Waals surface area contributed by atoms with E-state index in [1.54, 1.807) is 11.3 Å². The Balaban J connectivity index is 1.91. The number of ether oxygens (including phenoxy) is 1. The number of fused-ring (bicyclic) bond motifs is 1. The summed E-state index contributed by atoms with van der Waals surface area (Å²) in [5, 5.41) is 4.97. The molecule has 0 fully saturated rings. The lowest BCUT2D eigenvalue weighted by Gasteiger charge is -2.01. The average molecular weight is 271 g/mol. The molecule has 5 heteroatoms. The number of halogens is 1. The van der Waals surface area contributed by atoms with Crippen LogP contribution in [0.2, 0.25) is 5.02 Å². The van der Waals surface area contributed by atoms with E-state index in [0.29, 0.717) is 0 Å². The minimum absolute atomic E-state index is 0.727. The Hall–Kier alpha value is -0.840. The molecule has 3 nitrogen and oxygen atoms in total. The third-order valence-corrected chi connectivity index (χ3v) is 3.52. The van der Waals surface area contributed by atoms with Crippen molar-refractivity contribution in [2.45, 2.75) is 13.3 Å². The summed E-state index contributed by atoms with van der Waals surface area (Å²) in [6.45, 7) is 4.46. The molecular formula is C12H15ClN2OS. The van der Waals surface area contributed by atoms with Gasteiger partial charge in [0.1, 0.15) is 0 Å². The van der Waals surface area contributed by atoms with Gasteiger partial charge in [0, 0.05) is 24.8 Å². The summed E-state index contributed by atoms with van der Waals surface area (Å²) in [7, 11) is 0. The van der Waals surface area contributed by atoms with E-state index in [1.807, 2.05) is 25.1 Å². The van der Waals surface area contributed by atoms with Gasteiger partial charge in [-0.3, -0.25) is 0 Å². The van der Waals surface area contributed by atoms with Crippen molar-refractivity contribution in [3.8, 4) is 0 Å². The highest BCUT2D eigenvalue weighted by Gasteiger charge is 2.03. The standard InChI is InChI=1S/C12H15ClN2OS/c1-2-16-7-3-6-14-12-15-10-8-9(13)4-5-11(10)17-12/h4-5,8H,2-3,6-7H2,1H3,(H,14,15). The Morgan fingerprint density at radius 3 is 3.18 bits per heavy atom. The molecule has 0 saturated heterocycles. The number of rotatable bonds is 6. The maximum absolute atomic E-state index is 5.92. The zero-order valence-electron chi connectivity index (χ0n) is 9.70. The molecule has 0 saturated carbocycles. The van der Waals surface area contributed by atoms with Crippen molar-refractivity contribution in [1.82, 2.24) is 4.98 Å². The first-order valence-corrected chi connectivity index (χ1v) is 6.86. The van der Waals surface area contributed by atoms with Gasteiger partial charge in [-0.05, 0) is 31.5 Å². The van der Waals surface area contributed by atoms with E-state index in [4.69, 9.17) is 16.3 Å². The minimum atomic E-state index is 0.727. The summed E-state index contributed by atoms with van der Waals surface area (Å²) in [4.78, 5) is 4.47. The molecule has 0 aliphatic rings. The van der Waals surface area contributed by atoms with E-state index in [9.17, 15) is 0 Å².